The summed E-state index contributed by atoms with van der Waals surface area (Å²) in [5.41, 5.74) is 2.50. The molecule has 0 N–H and O–H groups in total. The van der Waals surface area contributed by atoms with Crippen LogP contribution in [0.3, 0.4) is 0 Å². The average molecular weight is 195 g/mol. The van der Waals surface area contributed by atoms with E-state index in [0.29, 0.717) is 0 Å². The minimum absolute atomic E-state index is 0.141. The van der Waals surface area contributed by atoms with Gasteiger partial charge in [-0.1, -0.05) is 39.0 Å². The van der Waals surface area contributed by atoms with E-state index in [9.17, 15) is 4.89 Å². The predicted octanol–water partition coefficient (Wildman–Crippen LogP) is 1.87. The minimum atomic E-state index is -0.346. The van der Waals surface area contributed by atoms with E-state index in [-0.39, 0.29) is 14.2 Å². The summed E-state index contributed by atoms with van der Waals surface area (Å²) in [7, 11) is -0.346. The molecular formula is C11H16OP-. The average Bonchev–Trinajstić information content (AvgIpc) is 2.03. The first kappa shape index (κ1) is 10.7. The highest BCUT2D eigenvalue weighted by molar-refractivity contribution is 7.39. The van der Waals surface area contributed by atoms with Gasteiger partial charge >= 0.3 is 0 Å². The molecule has 0 heterocycles. The van der Waals surface area contributed by atoms with Crippen molar-refractivity contribution >= 4 is 14.1 Å². The van der Waals surface area contributed by atoms with E-state index in [4.69, 9.17) is 0 Å². The van der Waals surface area contributed by atoms with Crippen molar-refractivity contribution in [2.24, 2.45) is 0 Å². The van der Waals surface area contributed by atoms with E-state index in [1.54, 1.807) is 0 Å². The van der Waals surface area contributed by atoms with Crippen molar-refractivity contribution < 1.29 is 4.89 Å². The summed E-state index contributed by atoms with van der Waals surface area (Å²) in [5.74, 6) is 0. The maximum atomic E-state index is 10.9. The lowest BCUT2D eigenvalue weighted by atomic mass is 9.87. The monoisotopic (exact) mass is 195 g/mol. The van der Waals surface area contributed by atoms with Gasteiger partial charge in [-0.05, 0) is 28.8 Å². The Morgan fingerprint density at radius 2 is 1.85 bits per heavy atom. The smallest absolute Gasteiger partial charge is 0.0132 e. The highest BCUT2D eigenvalue weighted by atomic mass is 31.1. The van der Waals surface area contributed by atoms with E-state index < -0.39 is 0 Å². The van der Waals surface area contributed by atoms with Gasteiger partial charge < -0.3 is 4.89 Å². The van der Waals surface area contributed by atoms with Crippen molar-refractivity contribution in [2.45, 2.75) is 33.1 Å². The second kappa shape index (κ2) is 3.77. The standard InChI is InChI=1S/C11H16OP/c1-8-5-6-9(11(2,3)4)7-10(8)13-12/h5-7,13H,1-4H3/q-1. The Labute approximate surface area is 82.1 Å². The summed E-state index contributed by atoms with van der Waals surface area (Å²) in [6, 6.07) is 6.20. The van der Waals surface area contributed by atoms with Crippen molar-refractivity contribution in [3.63, 3.8) is 0 Å². The molecular weight excluding hydrogens is 179 g/mol. The van der Waals surface area contributed by atoms with E-state index in [1.807, 2.05) is 19.1 Å². The zero-order chi connectivity index (χ0) is 10.1. The third-order valence-corrected chi connectivity index (χ3v) is 2.97. The van der Waals surface area contributed by atoms with Crippen molar-refractivity contribution in [2.75, 3.05) is 0 Å². The van der Waals surface area contributed by atoms with Crippen LogP contribution < -0.4 is 10.2 Å². The molecule has 0 fully saturated rings. The van der Waals surface area contributed by atoms with Crippen LogP contribution in [0.1, 0.15) is 31.9 Å². The van der Waals surface area contributed by atoms with E-state index >= 15 is 0 Å². The van der Waals surface area contributed by atoms with E-state index in [1.165, 1.54) is 5.56 Å². The molecule has 2 heteroatoms. The third-order valence-electron chi connectivity index (χ3n) is 2.21. The Morgan fingerprint density at radius 1 is 1.23 bits per heavy atom. The lowest BCUT2D eigenvalue weighted by Crippen LogP contribution is -2.15. The van der Waals surface area contributed by atoms with Gasteiger partial charge in [-0.2, -0.15) is 8.81 Å². The fourth-order valence-electron chi connectivity index (χ4n) is 1.20. The molecule has 1 aromatic rings. The number of hydrogen-bond acceptors (Lipinski definition) is 1. The molecule has 13 heavy (non-hydrogen) atoms. The summed E-state index contributed by atoms with van der Waals surface area (Å²) in [6.45, 7) is 8.48. The first-order valence-corrected chi connectivity index (χ1v) is 5.35. The van der Waals surface area contributed by atoms with Gasteiger partial charge in [0.25, 0.3) is 0 Å². The van der Waals surface area contributed by atoms with Crippen LogP contribution in [0.15, 0.2) is 18.2 Å². The Kier molecular flexibility index (Phi) is 3.10. The lowest BCUT2D eigenvalue weighted by Gasteiger charge is -2.21. The molecule has 0 radical (unpaired) electrons. The van der Waals surface area contributed by atoms with Gasteiger partial charge in [-0.15, -0.1) is 0 Å². The van der Waals surface area contributed by atoms with Crippen LogP contribution in [-0.4, -0.2) is 0 Å². The Hall–Kier alpha value is -0.390. The second-order valence-corrected chi connectivity index (χ2v) is 5.12. The Morgan fingerprint density at radius 3 is 2.31 bits per heavy atom. The topological polar surface area (TPSA) is 23.1 Å². The molecule has 0 spiro atoms. The predicted molar refractivity (Wildman–Crippen MR) is 57.8 cm³/mol. The molecule has 0 saturated carbocycles. The van der Waals surface area contributed by atoms with Crippen molar-refractivity contribution in [3.05, 3.63) is 29.3 Å². The Bertz CT molecular complexity index is 299. The molecule has 0 aromatic heterocycles. The van der Waals surface area contributed by atoms with Crippen LogP contribution in [-0.2, 0) is 5.41 Å². The summed E-state index contributed by atoms with van der Waals surface area (Å²) in [4.78, 5) is 10.9. The van der Waals surface area contributed by atoms with Crippen molar-refractivity contribution in [1.82, 2.24) is 0 Å². The van der Waals surface area contributed by atoms with Crippen LogP contribution >= 0.6 is 8.81 Å². The van der Waals surface area contributed by atoms with Crippen LogP contribution in [0, 0.1) is 6.92 Å². The quantitative estimate of drug-likeness (QED) is 0.627. The molecule has 1 atom stereocenters. The molecule has 0 amide bonds. The molecule has 0 aliphatic rings. The molecule has 1 unspecified atom stereocenters. The molecule has 0 aliphatic carbocycles. The third kappa shape index (κ3) is 2.52. The molecule has 72 valence electrons. The zero-order valence-corrected chi connectivity index (χ0v) is 9.64. The highest BCUT2D eigenvalue weighted by Crippen LogP contribution is 2.22. The van der Waals surface area contributed by atoms with Gasteiger partial charge in [0.15, 0.2) is 0 Å². The molecule has 1 rings (SSSR count). The van der Waals surface area contributed by atoms with Crippen LogP contribution in [0.25, 0.3) is 0 Å². The van der Waals surface area contributed by atoms with Crippen molar-refractivity contribution in [3.8, 4) is 0 Å². The van der Waals surface area contributed by atoms with Gasteiger partial charge in [-0.25, -0.2) is 0 Å². The normalized spacial score (nSPS) is 12.7. The SMILES string of the molecule is Cc1ccc(C(C)(C)C)cc1P[O-]. The Balaban J connectivity index is 3.14. The zero-order valence-electron chi connectivity index (χ0n) is 8.64. The van der Waals surface area contributed by atoms with Gasteiger partial charge in [0, 0.05) is 0 Å². The minimum Gasteiger partial charge on any atom is -0.828 e. The van der Waals surface area contributed by atoms with Gasteiger partial charge in [-0.3, -0.25) is 0 Å². The molecule has 0 aliphatic heterocycles. The summed E-state index contributed by atoms with van der Waals surface area (Å²) in [5, 5.41) is 0.951. The first-order chi connectivity index (χ1) is 5.95. The fourth-order valence-corrected chi connectivity index (χ4v) is 1.66. The lowest BCUT2D eigenvalue weighted by molar-refractivity contribution is -0.147. The first-order valence-electron chi connectivity index (χ1n) is 4.44. The largest absolute Gasteiger partial charge is 0.828 e. The van der Waals surface area contributed by atoms with Crippen LogP contribution in [0.4, 0.5) is 0 Å². The highest BCUT2D eigenvalue weighted by Gasteiger charge is 2.13. The number of rotatable bonds is 1. The van der Waals surface area contributed by atoms with E-state index in [0.717, 1.165) is 10.9 Å². The molecule has 1 nitrogen and oxygen atoms in total. The maximum absolute atomic E-state index is 10.9. The summed E-state index contributed by atoms with van der Waals surface area (Å²) < 4.78 is 0. The maximum Gasteiger partial charge on any atom is -0.0132 e. The van der Waals surface area contributed by atoms with Crippen molar-refractivity contribution in [1.29, 1.82) is 0 Å². The second-order valence-electron chi connectivity index (χ2n) is 4.38. The van der Waals surface area contributed by atoms with Gasteiger partial charge in [0.05, 0.1) is 0 Å². The summed E-state index contributed by atoms with van der Waals surface area (Å²) in [6.07, 6.45) is 0. The van der Waals surface area contributed by atoms with Crippen LogP contribution in [0.2, 0.25) is 0 Å². The van der Waals surface area contributed by atoms with Crippen LogP contribution in [0.5, 0.6) is 0 Å². The number of benzene rings is 1. The van der Waals surface area contributed by atoms with Gasteiger partial charge in [0.2, 0.25) is 0 Å². The molecule has 1 aromatic carbocycles. The fraction of sp³-hybridized carbons (Fsp3) is 0.455. The molecule has 0 saturated heterocycles. The molecule has 0 bridgehead atoms. The number of hydrogen-bond donors (Lipinski definition) is 0. The summed E-state index contributed by atoms with van der Waals surface area (Å²) >= 11 is 0. The van der Waals surface area contributed by atoms with Gasteiger partial charge in [0.1, 0.15) is 0 Å². The number of aryl methyl sites for hydroxylation is 1. The van der Waals surface area contributed by atoms with E-state index in [2.05, 4.69) is 26.8 Å².